The summed E-state index contributed by atoms with van der Waals surface area (Å²) in [5.74, 6) is -2.79. The number of rotatable bonds is 10. The summed E-state index contributed by atoms with van der Waals surface area (Å²) in [6, 6.07) is 7.38. The molecule has 2 aromatic carbocycles. The number of alkyl halides is 3. The van der Waals surface area contributed by atoms with Crippen LogP contribution in [0.2, 0.25) is 0 Å². The number of ketones is 2. The third-order valence-electron chi connectivity index (χ3n) is 8.20. The van der Waals surface area contributed by atoms with Crippen LogP contribution in [0.1, 0.15) is 48.7 Å². The number of fused-ring (bicyclic) bond motifs is 2. The van der Waals surface area contributed by atoms with Gasteiger partial charge in [-0.25, -0.2) is 4.39 Å². The molecule has 1 amide bonds. The van der Waals surface area contributed by atoms with E-state index in [0.717, 1.165) is 25.3 Å². The minimum absolute atomic E-state index is 0.0133. The van der Waals surface area contributed by atoms with Crippen LogP contribution in [0, 0.1) is 11.7 Å². The first-order valence-electron chi connectivity index (χ1n) is 14.1. The molecule has 3 heterocycles. The standard InChI is InChI=1S/C30H29F4N3O6/c1-16(38)29-21-13-19(42-15-20-5-3-9-41-20)7-8-22(21)36(35-29)14-27(40)37-23-10-18(23)11-24(37)25(39)12-17-4-2-6-26(28(17)31)43-30(32,33)34/h2,4,6-8,13,18,20,23-24H,3,5,9-12,14-15H2,1H3/t18-,20?,23-,24+/m1/s1. The summed E-state index contributed by atoms with van der Waals surface area (Å²) in [5.41, 5.74) is 0.475. The van der Waals surface area contributed by atoms with Crippen molar-refractivity contribution in [1.29, 1.82) is 0 Å². The number of ether oxygens (including phenoxy) is 3. The highest BCUT2D eigenvalue weighted by Crippen LogP contribution is 2.48. The molecule has 9 nitrogen and oxygen atoms in total. The lowest BCUT2D eigenvalue weighted by Crippen LogP contribution is -2.45. The number of carbonyl (C=O) groups is 3. The van der Waals surface area contributed by atoms with Crippen LogP contribution in [0.3, 0.4) is 0 Å². The van der Waals surface area contributed by atoms with Crippen LogP contribution in [-0.4, -0.2) is 69.9 Å². The molecule has 6 rings (SSSR count). The van der Waals surface area contributed by atoms with E-state index in [2.05, 4.69) is 9.84 Å². The summed E-state index contributed by atoms with van der Waals surface area (Å²) < 4.78 is 69.3. The van der Waals surface area contributed by atoms with Crippen molar-refractivity contribution in [2.45, 2.75) is 70.1 Å². The Bertz CT molecular complexity index is 1580. The zero-order chi connectivity index (χ0) is 30.5. The molecule has 43 heavy (non-hydrogen) atoms. The van der Waals surface area contributed by atoms with Crippen molar-refractivity contribution in [1.82, 2.24) is 14.7 Å². The fraction of sp³-hybridized carbons (Fsp3) is 0.467. The van der Waals surface area contributed by atoms with Crippen LogP contribution in [0.25, 0.3) is 10.9 Å². The predicted molar refractivity (Wildman–Crippen MR) is 143 cm³/mol. The number of hydrogen-bond donors (Lipinski definition) is 0. The summed E-state index contributed by atoms with van der Waals surface area (Å²) in [7, 11) is 0. The summed E-state index contributed by atoms with van der Waals surface area (Å²) >= 11 is 0. The smallest absolute Gasteiger partial charge is 0.491 e. The molecule has 2 saturated heterocycles. The number of carbonyl (C=O) groups excluding carboxylic acids is 3. The Morgan fingerprint density at radius 2 is 1.95 bits per heavy atom. The van der Waals surface area contributed by atoms with Crippen molar-refractivity contribution in [2.75, 3.05) is 13.2 Å². The number of nitrogens with zero attached hydrogens (tertiary/aromatic N) is 3. The van der Waals surface area contributed by atoms with Gasteiger partial charge in [-0.1, -0.05) is 12.1 Å². The molecule has 13 heteroatoms. The average Bonchev–Trinajstić information content (AvgIpc) is 3.29. The highest BCUT2D eigenvalue weighted by atomic mass is 19.4. The molecule has 1 aromatic heterocycles. The number of Topliss-reactive ketones (excluding diaryl/α,β-unsaturated/α-hetero) is 2. The van der Waals surface area contributed by atoms with E-state index in [1.54, 1.807) is 18.2 Å². The molecule has 0 N–H and O–H groups in total. The van der Waals surface area contributed by atoms with E-state index in [1.165, 1.54) is 28.6 Å². The third kappa shape index (κ3) is 6.08. The Kier molecular flexibility index (Phi) is 7.61. The Labute approximate surface area is 243 Å². The van der Waals surface area contributed by atoms with Crippen LogP contribution >= 0.6 is 0 Å². The molecule has 3 aromatic rings. The second-order valence-corrected chi connectivity index (χ2v) is 11.2. The maximum Gasteiger partial charge on any atom is 0.573 e. The fourth-order valence-corrected chi connectivity index (χ4v) is 6.11. The summed E-state index contributed by atoms with van der Waals surface area (Å²) in [6.07, 6.45) is -2.56. The molecule has 3 fully saturated rings. The number of piperidine rings is 1. The molecule has 3 aliphatic rings. The molecule has 1 saturated carbocycles. The largest absolute Gasteiger partial charge is 0.573 e. The Hall–Kier alpha value is -4.00. The third-order valence-corrected chi connectivity index (χ3v) is 8.20. The fourth-order valence-electron chi connectivity index (χ4n) is 6.11. The molecule has 0 spiro atoms. The quantitative estimate of drug-likeness (QED) is 0.246. The predicted octanol–water partition coefficient (Wildman–Crippen LogP) is 4.64. The van der Waals surface area contributed by atoms with Gasteiger partial charge >= 0.3 is 6.36 Å². The summed E-state index contributed by atoms with van der Waals surface area (Å²) in [6.45, 7) is 2.22. The van der Waals surface area contributed by atoms with Gasteiger partial charge in [0, 0.05) is 31.4 Å². The van der Waals surface area contributed by atoms with E-state index in [9.17, 15) is 31.9 Å². The van der Waals surface area contributed by atoms with Gasteiger partial charge in [-0.05, 0) is 61.4 Å². The Morgan fingerprint density at radius 1 is 1.14 bits per heavy atom. The van der Waals surface area contributed by atoms with Crippen molar-refractivity contribution >= 4 is 28.4 Å². The van der Waals surface area contributed by atoms with Crippen LogP contribution in [-0.2, 0) is 27.3 Å². The van der Waals surface area contributed by atoms with Crippen molar-refractivity contribution in [2.24, 2.45) is 5.92 Å². The topological polar surface area (TPSA) is 100.0 Å². The average molecular weight is 604 g/mol. The Balaban J connectivity index is 1.19. The van der Waals surface area contributed by atoms with Gasteiger partial charge < -0.3 is 19.1 Å². The molecule has 228 valence electrons. The van der Waals surface area contributed by atoms with Crippen LogP contribution < -0.4 is 9.47 Å². The maximum atomic E-state index is 14.7. The molecule has 0 bridgehead atoms. The van der Waals surface area contributed by atoms with Gasteiger partial charge in [0.25, 0.3) is 0 Å². The minimum Gasteiger partial charge on any atom is -0.491 e. The number of amides is 1. The highest BCUT2D eigenvalue weighted by molar-refractivity contribution is 6.05. The maximum absolute atomic E-state index is 14.7. The van der Waals surface area contributed by atoms with E-state index < -0.39 is 42.1 Å². The molecule has 4 atom stereocenters. The van der Waals surface area contributed by atoms with E-state index in [4.69, 9.17) is 9.47 Å². The van der Waals surface area contributed by atoms with Crippen LogP contribution in [0.4, 0.5) is 17.6 Å². The van der Waals surface area contributed by atoms with Crippen molar-refractivity contribution in [3.05, 3.63) is 53.5 Å². The van der Waals surface area contributed by atoms with Crippen LogP contribution in [0.15, 0.2) is 36.4 Å². The molecule has 2 aliphatic heterocycles. The van der Waals surface area contributed by atoms with Crippen molar-refractivity contribution < 1.29 is 46.2 Å². The monoisotopic (exact) mass is 603 g/mol. The number of aromatic nitrogens is 2. The van der Waals surface area contributed by atoms with Gasteiger partial charge in [0.15, 0.2) is 23.1 Å². The highest BCUT2D eigenvalue weighted by Gasteiger charge is 2.55. The molecule has 1 aliphatic carbocycles. The first-order chi connectivity index (χ1) is 20.5. The van der Waals surface area contributed by atoms with Gasteiger partial charge in [-0.3, -0.25) is 19.1 Å². The van der Waals surface area contributed by atoms with Crippen molar-refractivity contribution in [3.8, 4) is 11.5 Å². The summed E-state index contributed by atoms with van der Waals surface area (Å²) in [5, 5.41) is 4.93. The van der Waals surface area contributed by atoms with E-state index >= 15 is 0 Å². The Morgan fingerprint density at radius 3 is 2.67 bits per heavy atom. The second-order valence-electron chi connectivity index (χ2n) is 11.2. The first-order valence-corrected chi connectivity index (χ1v) is 14.1. The lowest BCUT2D eigenvalue weighted by Gasteiger charge is -2.27. The SMILES string of the molecule is CC(=O)c1nn(CC(=O)N2[C@@H]3C[C@@H]3C[C@H]2C(=O)Cc2cccc(OC(F)(F)F)c2F)c2ccc(OCC3CCCO3)cc12. The molecular weight excluding hydrogens is 574 g/mol. The van der Waals surface area contributed by atoms with E-state index in [-0.39, 0.29) is 41.6 Å². The van der Waals surface area contributed by atoms with Crippen molar-refractivity contribution in [3.63, 3.8) is 0 Å². The zero-order valence-electron chi connectivity index (χ0n) is 23.2. The zero-order valence-corrected chi connectivity index (χ0v) is 23.2. The number of hydrogen-bond acceptors (Lipinski definition) is 7. The molecular formula is C30H29F4N3O6. The minimum atomic E-state index is -5.09. The number of halogens is 4. The number of benzene rings is 2. The van der Waals surface area contributed by atoms with Gasteiger partial charge in [0.05, 0.1) is 17.7 Å². The van der Waals surface area contributed by atoms with Gasteiger partial charge in [0.1, 0.15) is 24.6 Å². The molecule has 0 radical (unpaired) electrons. The van der Waals surface area contributed by atoms with Crippen LogP contribution in [0.5, 0.6) is 11.5 Å². The summed E-state index contributed by atoms with van der Waals surface area (Å²) in [4.78, 5) is 40.8. The normalized spacial score (nSPS) is 23.0. The van der Waals surface area contributed by atoms with Gasteiger partial charge in [0.2, 0.25) is 5.91 Å². The first kappa shape index (κ1) is 29.1. The molecule has 1 unspecified atom stereocenters. The van der Waals surface area contributed by atoms with Gasteiger partial charge in [-0.2, -0.15) is 5.10 Å². The van der Waals surface area contributed by atoms with E-state index in [1.807, 2.05) is 0 Å². The van der Waals surface area contributed by atoms with E-state index in [0.29, 0.717) is 36.3 Å². The number of likely N-dealkylation sites (tertiary alicyclic amines) is 1. The lowest BCUT2D eigenvalue weighted by atomic mass is 9.99. The lowest BCUT2D eigenvalue weighted by molar-refractivity contribution is -0.275. The van der Waals surface area contributed by atoms with Gasteiger partial charge in [-0.15, -0.1) is 13.2 Å². The second kappa shape index (κ2) is 11.3.